The molecule has 1 aromatic carbocycles. The van der Waals surface area contributed by atoms with E-state index in [1.54, 1.807) is 0 Å². The van der Waals surface area contributed by atoms with Gasteiger partial charge in [-0.3, -0.25) is 0 Å². The van der Waals surface area contributed by atoms with E-state index in [1.165, 1.54) is 16.4 Å². The third kappa shape index (κ3) is 2.74. The Balaban J connectivity index is 2.32. The largest absolute Gasteiger partial charge is 0.327 e. The van der Waals surface area contributed by atoms with Crippen molar-refractivity contribution < 1.29 is 12.8 Å². The van der Waals surface area contributed by atoms with E-state index in [1.807, 2.05) is 0 Å². The minimum atomic E-state index is -3.64. The molecule has 0 spiro atoms. The molecule has 0 unspecified atom stereocenters. The van der Waals surface area contributed by atoms with Crippen LogP contribution in [0.3, 0.4) is 0 Å². The summed E-state index contributed by atoms with van der Waals surface area (Å²) in [6, 6.07) is 3.67. The van der Waals surface area contributed by atoms with Gasteiger partial charge in [-0.15, -0.1) is 0 Å². The molecule has 2 rings (SSSR count). The van der Waals surface area contributed by atoms with Crippen LogP contribution in [0, 0.1) is 5.82 Å². The van der Waals surface area contributed by atoms with Crippen LogP contribution >= 0.6 is 15.9 Å². The Morgan fingerprint density at radius 1 is 1.44 bits per heavy atom. The fourth-order valence-corrected chi connectivity index (χ4v) is 3.77. The second-order valence-corrected chi connectivity index (χ2v) is 7.13. The van der Waals surface area contributed by atoms with Crippen LogP contribution in [-0.2, 0) is 10.0 Å². The van der Waals surface area contributed by atoms with Gasteiger partial charge in [0.15, 0.2) is 0 Å². The summed E-state index contributed by atoms with van der Waals surface area (Å²) >= 11 is 3.00. The van der Waals surface area contributed by atoms with E-state index in [-0.39, 0.29) is 15.4 Å². The van der Waals surface area contributed by atoms with Crippen LogP contribution in [-0.4, -0.2) is 31.9 Å². The van der Waals surface area contributed by atoms with Crippen molar-refractivity contribution in [2.45, 2.75) is 23.8 Å². The number of sulfonamides is 1. The summed E-state index contributed by atoms with van der Waals surface area (Å²) < 4.78 is 39.5. The Labute approximate surface area is 114 Å². The molecule has 0 radical (unpaired) electrons. The smallest absolute Gasteiger partial charge is 0.243 e. The first-order valence-electron chi connectivity index (χ1n) is 5.62. The van der Waals surface area contributed by atoms with E-state index in [2.05, 4.69) is 15.9 Å². The molecular formula is C11H14BrFN2O2S. The van der Waals surface area contributed by atoms with Gasteiger partial charge in [0.1, 0.15) is 5.82 Å². The lowest BCUT2D eigenvalue weighted by atomic mass is 10.1. The summed E-state index contributed by atoms with van der Waals surface area (Å²) in [7, 11) is -3.64. The lowest BCUT2D eigenvalue weighted by Crippen LogP contribution is -2.45. The first-order chi connectivity index (χ1) is 8.41. The minimum Gasteiger partial charge on any atom is -0.327 e. The summed E-state index contributed by atoms with van der Waals surface area (Å²) in [5, 5.41) is 0. The maximum Gasteiger partial charge on any atom is 0.243 e. The molecule has 0 bridgehead atoms. The zero-order valence-corrected chi connectivity index (χ0v) is 12.0. The number of rotatable bonds is 2. The van der Waals surface area contributed by atoms with Gasteiger partial charge in [-0.1, -0.05) is 0 Å². The molecule has 0 amide bonds. The van der Waals surface area contributed by atoms with Gasteiger partial charge < -0.3 is 5.73 Å². The summed E-state index contributed by atoms with van der Waals surface area (Å²) in [6.45, 7) is 0.730. The van der Waals surface area contributed by atoms with Crippen molar-refractivity contribution in [2.75, 3.05) is 13.1 Å². The number of halogens is 2. The van der Waals surface area contributed by atoms with E-state index in [9.17, 15) is 12.8 Å². The average Bonchev–Trinajstić information content (AvgIpc) is 2.32. The highest BCUT2D eigenvalue weighted by Gasteiger charge is 2.29. The van der Waals surface area contributed by atoms with E-state index in [4.69, 9.17) is 5.73 Å². The van der Waals surface area contributed by atoms with Crippen LogP contribution < -0.4 is 5.73 Å². The lowest BCUT2D eigenvalue weighted by molar-refractivity contribution is 0.316. The number of nitrogens with two attached hydrogens (primary N) is 1. The van der Waals surface area contributed by atoms with E-state index in [0.29, 0.717) is 13.1 Å². The molecule has 2 N–H and O–H groups in total. The first-order valence-corrected chi connectivity index (χ1v) is 7.85. The average molecular weight is 337 g/mol. The van der Waals surface area contributed by atoms with Crippen LogP contribution in [0.1, 0.15) is 12.8 Å². The third-order valence-electron chi connectivity index (χ3n) is 2.95. The second-order valence-electron chi connectivity index (χ2n) is 4.34. The van der Waals surface area contributed by atoms with Crippen molar-refractivity contribution in [2.24, 2.45) is 5.73 Å². The van der Waals surface area contributed by atoms with Crippen LogP contribution in [0.25, 0.3) is 0 Å². The van der Waals surface area contributed by atoms with Crippen molar-refractivity contribution in [1.82, 2.24) is 4.31 Å². The molecule has 0 saturated carbocycles. The molecular weight excluding hydrogens is 323 g/mol. The maximum absolute atomic E-state index is 13.4. The quantitative estimate of drug-likeness (QED) is 0.893. The zero-order chi connectivity index (χ0) is 13.3. The first kappa shape index (κ1) is 13.9. The Kier molecular flexibility index (Phi) is 4.05. The van der Waals surface area contributed by atoms with E-state index < -0.39 is 15.8 Å². The molecule has 18 heavy (non-hydrogen) atoms. The number of nitrogens with zero attached hydrogens (tertiary/aromatic N) is 1. The monoisotopic (exact) mass is 336 g/mol. The van der Waals surface area contributed by atoms with Gasteiger partial charge in [-0.05, 0) is 47.0 Å². The van der Waals surface area contributed by atoms with Crippen molar-refractivity contribution in [3.8, 4) is 0 Å². The highest BCUT2D eigenvalue weighted by Crippen LogP contribution is 2.24. The van der Waals surface area contributed by atoms with E-state index >= 15 is 0 Å². The Morgan fingerprint density at radius 2 is 2.17 bits per heavy atom. The summed E-state index contributed by atoms with van der Waals surface area (Å²) in [4.78, 5) is -0.0303. The molecule has 0 aliphatic carbocycles. The summed E-state index contributed by atoms with van der Waals surface area (Å²) in [6.07, 6.45) is 1.56. The molecule has 100 valence electrons. The molecule has 1 fully saturated rings. The molecule has 1 saturated heterocycles. The molecule has 1 atom stereocenters. The molecule has 4 nitrogen and oxygen atoms in total. The molecule has 1 heterocycles. The fraction of sp³-hybridized carbons (Fsp3) is 0.455. The van der Waals surface area contributed by atoms with Crippen molar-refractivity contribution in [1.29, 1.82) is 0 Å². The third-order valence-corrected chi connectivity index (χ3v) is 5.45. The van der Waals surface area contributed by atoms with Gasteiger partial charge in [-0.25, -0.2) is 12.8 Å². The Bertz CT molecular complexity index is 550. The molecule has 1 aliphatic heterocycles. The highest BCUT2D eigenvalue weighted by atomic mass is 79.9. The number of hydrogen-bond donors (Lipinski definition) is 1. The van der Waals surface area contributed by atoms with E-state index in [0.717, 1.165) is 18.9 Å². The predicted molar refractivity (Wildman–Crippen MR) is 70.1 cm³/mol. The SMILES string of the molecule is N[C@@H]1CCCN(S(=O)(=O)c2ccc(Br)c(F)c2)C1. The number of piperidine rings is 1. The minimum absolute atomic E-state index is 0.0303. The molecule has 1 aromatic rings. The Morgan fingerprint density at radius 3 is 2.78 bits per heavy atom. The Hall–Kier alpha value is -0.500. The molecule has 7 heteroatoms. The van der Waals surface area contributed by atoms with Crippen molar-refractivity contribution in [3.05, 3.63) is 28.5 Å². The zero-order valence-electron chi connectivity index (χ0n) is 9.64. The maximum atomic E-state index is 13.4. The number of hydrogen-bond acceptors (Lipinski definition) is 3. The van der Waals surface area contributed by atoms with Gasteiger partial charge in [0.2, 0.25) is 10.0 Å². The predicted octanol–water partition coefficient (Wildman–Crippen LogP) is 1.70. The number of benzene rings is 1. The van der Waals surface area contributed by atoms with Crippen molar-refractivity contribution in [3.63, 3.8) is 0 Å². The summed E-state index contributed by atoms with van der Waals surface area (Å²) in [5.74, 6) is -0.586. The highest BCUT2D eigenvalue weighted by molar-refractivity contribution is 9.10. The standard InChI is InChI=1S/C11H14BrFN2O2S/c12-10-4-3-9(6-11(10)13)18(16,17)15-5-1-2-8(14)7-15/h3-4,6,8H,1-2,5,7,14H2/t8-/m1/s1. The van der Waals surface area contributed by atoms with Gasteiger partial charge in [0.25, 0.3) is 0 Å². The topological polar surface area (TPSA) is 63.4 Å². The van der Waals surface area contributed by atoms with Gasteiger partial charge in [0, 0.05) is 19.1 Å². The van der Waals surface area contributed by atoms with Crippen molar-refractivity contribution >= 4 is 26.0 Å². The van der Waals surface area contributed by atoms with Crippen LogP contribution in [0.4, 0.5) is 4.39 Å². The fourth-order valence-electron chi connectivity index (χ4n) is 1.98. The van der Waals surface area contributed by atoms with Gasteiger partial charge >= 0.3 is 0 Å². The van der Waals surface area contributed by atoms with Crippen LogP contribution in [0.15, 0.2) is 27.6 Å². The normalized spacial score (nSPS) is 22.1. The second kappa shape index (κ2) is 5.24. The van der Waals surface area contributed by atoms with Crippen LogP contribution in [0.5, 0.6) is 0 Å². The van der Waals surface area contributed by atoms with Crippen LogP contribution in [0.2, 0.25) is 0 Å². The molecule has 1 aliphatic rings. The molecule has 0 aromatic heterocycles. The van der Waals surface area contributed by atoms with Gasteiger partial charge in [-0.2, -0.15) is 4.31 Å². The van der Waals surface area contributed by atoms with Gasteiger partial charge in [0.05, 0.1) is 9.37 Å². The lowest BCUT2D eigenvalue weighted by Gasteiger charge is -2.29. The summed E-state index contributed by atoms with van der Waals surface area (Å²) in [5.41, 5.74) is 5.77.